The second-order valence-electron chi connectivity index (χ2n) is 3.66. The Hall–Kier alpha value is -2.01. The molecule has 3 nitrogen and oxygen atoms in total. The molecular formula is C13H11F2NO2. The van der Waals surface area contributed by atoms with E-state index in [-0.39, 0.29) is 11.3 Å². The molecule has 0 aliphatic heterocycles. The molecule has 0 aliphatic carbocycles. The predicted octanol–water partition coefficient (Wildman–Crippen LogP) is 2.45. The van der Waals surface area contributed by atoms with Crippen LogP contribution in [0, 0.1) is 11.6 Å². The van der Waals surface area contributed by atoms with Crippen LogP contribution in [0.3, 0.4) is 0 Å². The number of ether oxygens (including phenoxy) is 1. The highest BCUT2D eigenvalue weighted by Crippen LogP contribution is 2.29. The normalized spacial score (nSPS) is 12.2. The average molecular weight is 251 g/mol. The topological polar surface area (TPSA) is 42.4 Å². The highest BCUT2D eigenvalue weighted by molar-refractivity contribution is 5.35. The van der Waals surface area contributed by atoms with E-state index in [0.717, 1.165) is 6.07 Å². The van der Waals surface area contributed by atoms with E-state index in [9.17, 15) is 13.9 Å². The minimum Gasteiger partial charge on any atom is -0.495 e. The van der Waals surface area contributed by atoms with Crippen molar-refractivity contribution < 1.29 is 18.6 Å². The first-order valence-corrected chi connectivity index (χ1v) is 5.25. The van der Waals surface area contributed by atoms with Crippen molar-refractivity contribution >= 4 is 0 Å². The molecule has 0 amide bonds. The third kappa shape index (κ3) is 2.31. The van der Waals surface area contributed by atoms with Gasteiger partial charge in [0.1, 0.15) is 29.2 Å². The minimum atomic E-state index is -1.30. The average Bonchev–Trinajstić information content (AvgIpc) is 2.38. The van der Waals surface area contributed by atoms with E-state index in [0.29, 0.717) is 11.8 Å². The number of aliphatic hydroxyl groups excluding tert-OH is 1. The van der Waals surface area contributed by atoms with Crippen LogP contribution in [0.5, 0.6) is 5.75 Å². The Morgan fingerprint density at radius 3 is 2.72 bits per heavy atom. The fraction of sp³-hybridized carbons (Fsp3) is 0.154. The van der Waals surface area contributed by atoms with Gasteiger partial charge in [-0.15, -0.1) is 0 Å². The molecule has 0 bridgehead atoms. The van der Waals surface area contributed by atoms with Gasteiger partial charge in [0.15, 0.2) is 0 Å². The van der Waals surface area contributed by atoms with Gasteiger partial charge in [0.05, 0.1) is 7.11 Å². The van der Waals surface area contributed by atoms with E-state index in [2.05, 4.69) is 4.98 Å². The second-order valence-corrected chi connectivity index (χ2v) is 3.66. The van der Waals surface area contributed by atoms with Crippen LogP contribution in [0.4, 0.5) is 8.78 Å². The van der Waals surface area contributed by atoms with Crippen LogP contribution in [0.15, 0.2) is 36.5 Å². The summed E-state index contributed by atoms with van der Waals surface area (Å²) in [5.74, 6) is -1.18. The lowest BCUT2D eigenvalue weighted by Gasteiger charge is -2.14. The quantitative estimate of drug-likeness (QED) is 0.911. The summed E-state index contributed by atoms with van der Waals surface area (Å²) >= 11 is 0. The third-order valence-corrected chi connectivity index (χ3v) is 2.54. The van der Waals surface area contributed by atoms with Crippen molar-refractivity contribution in [2.24, 2.45) is 0 Å². The molecule has 18 heavy (non-hydrogen) atoms. The SMILES string of the molecule is COc1cccnc1C(O)c1ccc(F)cc1F. The number of methoxy groups -OCH3 is 1. The minimum absolute atomic E-state index is 0.0478. The first-order valence-electron chi connectivity index (χ1n) is 5.25. The molecule has 2 rings (SSSR count). The number of pyridine rings is 1. The van der Waals surface area contributed by atoms with Gasteiger partial charge in [-0.2, -0.15) is 0 Å². The Bertz CT molecular complexity index is 560. The lowest BCUT2D eigenvalue weighted by molar-refractivity contribution is 0.204. The number of aliphatic hydroxyl groups is 1. The van der Waals surface area contributed by atoms with Crippen molar-refractivity contribution in [3.63, 3.8) is 0 Å². The molecule has 1 atom stereocenters. The zero-order valence-electron chi connectivity index (χ0n) is 9.60. The van der Waals surface area contributed by atoms with Crippen LogP contribution in [0.1, 0.15) is 17.4 Å². The fourth-order valence-electron chi connectivity index (χ4n) is 1.65. The second kappa shape index (κ2) is 5.10. The van der Waals surface area contributed by atoms with Crippen LogP contribution in [0.2, 0.25) is 0 Å². The zero-order chi connectivity index (χ0) is 13.1. The van der Waals surface area contributed by atoms with E-state index in [1.807, 2.05) is 0 Å². The van der Waals surface area contributed by atoms with Gasteiger partial charge in [-0.05, 0) is 18.2 Å². The maximum atomic E-state index is 13.6. The zero-order valence-corrected chi connectivity index (χ0v) is 9.60. The molecule has 1 aromatic carbocycles. The van der Waals surface area contributed by atoms with Gasteiger partial charge in [-0.1, -0.05) is 6.07 Å². The van der Waals surface area contributed by atoms with E-state index >= 15 is 0 Å². The van der Waals surface area contributed by atoms with Gasteiger partial charge >= 0.3 is 0 Å². The molecule has 1 N–H and O–H groups in total. The lowest BCUT2D eigenvalue weighted by atomic mass is 10.0. The number of nitrogens with zero attached hydrogens (tertiary/aromatic N) is 1. The molecule has 5 heteroatoms. The number of hydrogen-bond donors (Lipinski definition) is 1. The van der Waals surface area contributed by atoms with E-state index < -0.39 is 17.7 Å². The summed E-state index contributed by atoms with van der Waals surface area (Å²) in [6, 6.07) is 6.22. The third-order valence-electron chi connectivity index (χ3n) is 2.54. The molecule has 1 aromatic heterocycles. The molecule has 0 aliphatic rings. The maximum Gasteiger partial charge on any atom is 0.143 e. The van der Waals surface area contributed by atoms with Crippen molar-refractivity contribution in [3.8, 4) is 5.75 Å². The molecular weight excluding hydrogens is 240 g/mol. The van der Waals surface area contributed by atoms with E-state index in [4.69, 9.17) is 4.74 Å². The van der Waals surface area contributed by atoms with Crippen molar-refractivity contribution in [2.45, 2.75) is 6.10 Å². The molecule has 94 valence electrons. The molecule has 0 saturated heterocycles. The summed E-state index contributed by atoms with van der Waals surface area (Å²) in [7, 11) is 1.42. The number of benzene rings is 1. The molecule has 2 aromatic rings. The molecule has 1 heterocycles. The van der Waals surface area contributed by atoms with Gasteiger partial charge in [-0.3, -0.25) is 4.98 Å². The van der Waals surface area contributed by atoms with Crippen LogP contribution in [0.25, 0.3) is 0 Å². The molecule has 0 radical (unpaired) electrons. The van der Waals surface area contributed by atoms with Crippen molar-refractivity contribution in [2.75, 3.05) is 7.11 Å². The first kappa shape index (κ1) is 12.4. The first-order chi connectivity index (χ1) is 8.63. The number of rotatable bonds is 3. The maximum absolute atomic E-state index is 13.6. The summed E-state index contributed by atoms with van der Waals surface area (Å²) < 4.78 is 31.4. The smallest absolute Gasteiger partial charge is 0.143 e. The van der Waals surface area contributed by atoms with Crippen LogP contribution in [-0.4, -0.2) is 17.2 Å². The van der Waals surface area contributed by atoms with Crippen molar-refractivity contribution in [3.05, 3.63) is 59.4 Å². The highest BCUT2D eigenvalue weighted by atomic mass is 19.1. The van der Waals surface area contributed by atoms with Crippen molar-refractivity contribution in [1.29, 1.82) is 0 Å². The molecule has 0 spiro atoms. The van der Waals surface area contributed by atoms with Gasteiger partial charge in [-0.25, -0.2) is 8.78 Å². The number of halogens is 2. The monoisotopic (exact) mass is 251 g/mol. The Balaban J connectivity index is 2.44. The number of hydrogen-bond acceptors (Lipinski definition) is 3. The summed E-state index contributed by atoms with van der Waals surface area (Å²) in [6.07, 6.45) is 0.157. The van der Waals surface area contributed by atoms with Gasteiger partial charge in [0.25, 0.3) is 0 Å². The lowest BCUT2D eigenvalue weighted by Crippen LogP contribution is -2.07. The Labute approximate surface area is 103 Å². The van der Waals surface area contributed by atoms with Gasteiger partial charge in [0, 0.05) is 17.8 Å². The van der Waals surface area contributed by atoms with Gasteiger partial charge in [0.2, 0.25) is 0 Å². The molecule has 1 unspecified atom stereocenters. The van der Waals surface area contributed by atoms with E-state index in [1.165, 1.54) is 19.4 Å². The van der Waals surface area contributed by atoms with Crippen LogP contribution in [-0.2, 0) is 0 Å². The largest absolute Gasteiger partial charge is 0.495 e. The Morgan fingerprint density at radius 1 is 1.28 bits per heavy atom. The summed E-state index contributed by atoms with van der Waals surface area (Å²) in [6.45, 7) is 0. The molecule has 0 saturated carbocycles. The standard InChI is InChI=1S/C13H11F2NO2/c1-18-11-3-2-6-16-12(11)13(17)9-5-4-8(14)7-10(9)15/h2-7,13,17H,1H3. The Morgan fingerprint density at radius 2 is 2.06 bits per heavy atom. The Kier molecular flexibility index (Phi) is 3.53. The predicted molar refractivity (Wildman–Crippen MR) is 61.2 cm³/mol. The van der Waals surface area contributed by atoms with E-state index in [1.54, 1.807) is 12.1 Å². The summed E-state index contributed by atoms with van der Waals surface area (Å²) in [5, 5.41) is 10.1. The van der Waals surface area contributed by atoms with Gasteiger partial charge < -0.3 is 9.84 Å². The van der Waals surface area contributed by atoms with Crippen LogP contribution >= 0.6 is 0 Å². The fourth-order valence-corrected chi connectivity index (χ4v) is 1.65. The highest BCUT2D eigenvalue weighted by Gasteiger charge is 2.20. The molecule has 0 fully saturated rings. The number of aromatic nitrogens is 1. The summed E-state index contributed by atoms with van der Waals surface area (Å²) in [4.78, 5) is 3.95. The van der Waals surface area contributed by atoms with Crippen molar-refractivity contribution in [1.82, 2.24) is 4.98 Å². The van der Waals surface area contributed by atoms with Crippen LogP contribution < -0.4 is 4.74 Å². The summed E-state index contributed by atoms with van der Waals surface area (Å²) in [5.41, 5.74) is 0.138.